The molecule has 0 aromatic carbocycles. The normalized spacial score (nSPS) is 16.0. The number of alkyl halides is 3. The van der Waals surface area contributed by atoms with Gasteiger partial charge in [-0.1, -0.05) is 38.4 Å². The number of nitrogens with one attached hydrogen (secondary N) is 1. The lowest BCUT2D eigenvalue weighted by Crippen LogP contribution is -2.27. The van der Waals surface area contributed by atoms with E-state index in [4.69, 9.17) is 17.3 Å². The van der Waals surface area contributed by atoms with Gasteiger partial charge in [0.15, 0.2) is 17.0 Å². The van der Waals surface area contributed by atoms with Crippen molar-refractivity contribution in [3.63, 3.8) is 0 Å². The number of anilines is 1. The van der Waals surface area contributed by atoms with Crippen LogP contribution in [0.4, 0.5) is 18.2 Å². The molecule has 38 heavy (non-hydrogen) atoms. The molecule has 4 aromatic rings. The molecular weight excluding hydrogens is 559 g/mol. The Hall–Kier alpha value is -2.96. The van der Waals surface area contributed by atoms with Gasteiger partial charge >= 0.3 is 6.18 Å². The second-order valence-corrected chi connectivity index (χ2v) is 12.7. The zero-order chi connectivity index (χ0) is 27.6. The maximum atomic E-state index is 13.9. The lowest BCUT2D eigenvalue weighted by Gasteiger charge is -2.33. The Bertz CT molecular complexity index is 1570. The summed E-state index contributed by atoms with van der Waals surface area (Å²) in [7, 11) is 0. The van der Waals surface area contributed by atoms with E-state index < -0.39 is 29.4 Å². The lowest BCUT2D eigenvalue weighted by molar-refractivity contribution is -0.142. The Morgan fingerprint density at radius 2 is 2.00 bits per heavy atom. The molecule has 1 aliphatic rings. The highest BCUT2D eigenvalue weighted by molar-refractivity contribution is 7.17. The molecular formula is C25H23ClF3N5O2S2. The summed E-state index contributed by atoms with van der Waals surface area (Å²) in [4.78, 5) is 31.4. The Balaban J connectivity index is 1.55. The highest BCUT2D eigenvalue weighted by Gasteiger charge is 2.38. The predicted molar refractivity (Wildman–Crippen MR) is 142 cm³/mol. The molecule has 0 aliphatic heterocycles. The van der Waals surface area contributed by atoms with Crippen LogP contribution in [0, 0.1) is 11.3 Å². The fourth-order valence-corrected chi connectivity index (χ4v) is 6.99. The van der Waals surface area contributed by atoms with E-state index in [0.29, 0.717) is 21.7 Å². The number of rotatable bonds is 4. The highest BCUT2D eigenvalue weighted by atomic mass is 35.5. The number of nitrogens with zero attached hydrogens (tertiary/aromatic N) is 3. The molecule has 0 radical (unpaired) electrons. The Morgan fingerprint density at radius 3 is 2.61 bits per heavy atom. The van der Waals surface area contributed by atoms with Gasteiger partial charge in [0.1, 0.15) is 10.0 Å². The summed E-state index contributed by atoms with van der Waals surface area (Å²) in [5.74, 6) is -1.16. The van der Waals surface area contributed by atoms with Crippen molar-refractivity contribution in [2.45, 2.75) is 46.2 Å². The highest BCUT2D eigenvalue weighted by Crippen LogP contribution is 2.44. The number of halogens is 4. The molecule has 4 aromatic heterocycles. The van der Waals surface area contributed by atoms with Gasteiger partial charge in [-0.2, -0.15) is 18.3 Å². The van der Waals surface area contributed by atoms with E-state index in [1.165, 1.54) is 22.7 Å². The van der Waals surface area contributed by atoms with Crippen LogP contribution in [0.1, 0.15) is 64.2 Å². The first-order chi connectivity index (χ1) is 17.8. The van der Waals surface area contributed by atoms with Gasteiger partial charge in [0.05, 0.1) is 16.1 Å². The topological polar surface area (TPSA) is 102 Å². The quantitative estimate of drug-likeness (QED) is 0.280. The molecule has 4 heterocycles. The van der Waals surface area contributed by atoms with E-state index in [0.717, 1.165) is 29.3 Å². The van der Waals surface area contributed by atoms with Crippen LogP contribution in [-0.2, 0) is 19.0 Å². The third-order valence-electron chi connectivity index (χ3n) is 6.78. The maximum Gasteiger partial charge on any atom is 0.433 e. The average molecular weight is 582 g/mol. The summed E-state index contributed by atoms with van der Waals surface area (Å²) < 4.78 is 42.3. The van der Waals surface area contributed by atoms with E-state index in [1.54, 1.807) is 17.5 Å². The van der Waals surface area contributed by atoms with Crippen LogP contribution in [0.2, 0.25) is 5.02 Å². The largest absolute Gasteiger partial charge is 0.433 e. The van der Waals surface area contributed by atoms with Crippen molar-refractivity contribution < 1.29 is 22.8 Å². The van der Waals surface area contributed by atoms with Crippen molar-refractivity contribution in [2.24, 2.45) is 17.1 Å². The number of aromatic nitrogens is 3. The first-order valence-corrected chi connectivity index (χ1v) is 13.8. The Morgan fingerprint density at radius 1 is 1.26 bits per heavy atom. The lowest BCUT2D eigenvalue weighted by atomic mass is 9.72. The molecule has 0 bridgehead atoms. The Kier molecular flexibility index (Phi) is 6.56. The molecule has 3 N–H and O–H groups in total. The third kappa shape index (κ3) is 4.69. The zero-order valence-corrected chi connectivity index (χ0v) is 23.0. The molecule has 1 atom stereocenters. The van der Waals surface area contributed by atoms with E-state index >= 15 is 0 Å². The number of carbonyl (C=O) groups excluding carboxylic acids is 2. The summed E-state index contributed by atoms with van der Waals surface area (Å²) in [5, 5.41) is 8.13. The van der Waals surface area contributed by atoms with Crippen molar-refractivity contribution in [1.82, 2.24) is 14.6 Å². The molecule has 7 nitrogen and oxygen atoms in total. The minimum atomic E-state index is -4.79. The summed E-state index contributed by atoms with van der Waals surface area (Å²) in [5.41, 5.74) is 4.96. The molecule has 0 saturated heterocycles. The maximum absolute atomic E-state index is 13.9. The van der Waals surface area contributed by atoms with Gasteiger partial charge in [-0.15, -0.1) is 22.7 Å². The minimum Gasteiger partial charge on any atom is -0.365 e. The van der Waals surface area contributed by atoms with Crippen LogP contribution < -0.4 is 11.1 Å². The van der Waals surface area contributed by atoms with Gasteiger partial charge in [0.25, 0.3) is 11.8 Å². The van der Waals surface area contributed by atoms with Crippen LogP contribution in [0.15, 0.2) is 23.6 Å². The van der Waals surface area contributed by atoms with Gasteiger partial charge < -0.3 is 11.1 Å². The zero-order valence-electron chi connectivity index (χ0n) is 20.6. The summed E-state index contributed by atoms with van der Waals surface area (Å²) >= 11 is 8.86. The van der Waals surface area contributed by atoms with Gasteiger partial charge in [-0.25, -0.2) is 9.50 Å². The summed E-state index contributed by atoms with van der Waals surface area (Å²) in [6, 6.07) is 4.19. The van der Waals surface area contributed by atoms with Gasteiger partial charge in [0.2, 0.25) is 0 Å². The predicted octanol–water partition coefficient (Wildman–Crippen LogP) is 6.69. The van der Waals surface area contributed by atoms with Gasteiger partial charge in [-0.05, 0) is 53.7 Å². The van der Waals surface area contributed by atoms with E-state index in [9.17, 15) is 22.8 Å². The third-order valence-corrected chi connectivity index (χ3v) is 9.19. The molecule has 0 saturated carbocycles. The van der Waals surface area contributed by atoms with Gasteiger partial charge in [-0.3, -0.25) is 9.59 Å². The number of hydrogen-bond acceptors (Lipinski definition) is 6. The van der Waals surface area contributed by atoms with E-state index in [-0.39, 0.29) is 32.3 Å². The number of hydrogen-bond donors (Lipinski definition) is 2. The Labute approximate surface area is 228 Å². The van der Waals surface area contributed by atoms with Crippen LogP contribution in [0.5, 0.6) is 0 Å². The summed E-state index contributed by atoms with van der Waals surface area (Å²) in [6.45, 7) is 6.48. The molecule has 1 aliphatic carbocycles. The molecule has 0 unspecified atom stereocenters. The monoisotopic (exact) mass is 581 g/mol. The number of primary amides is 1. The molecule has 13 heteroatoms. The van der Waals surface area contributed by atoms with Crippen molar-refractivity contribution in [3.05, 3.63) is 56.0 Å². The fraction of sp³-hybridized carbons (Fsp3) is 0.360. The second-order valence-electron chi connectivity index (χ2n) is 10.2. The SMILES string of the molecule is CC(C)(C)[C@@H]1CCc2c(sc(NC(=O)c3nn4c(C(F)(F)F)cc(-c5cccs5)nc4c3Cl)c2C(N)=O)C1. The number of carbonyl (C=O) groups is 2. The fourth-order valence-electron chi connectivity index (χ4n) is 4.73. The minimum absolute atomic E-state index is 0.0592. The average Bonchev–Trinajstić information content (AvgIpc) is 3.54. The van der Waals surface area contributed by atoms with E-state index in [2.05, 4.69) is 36.2 Å². The van der Waals surface area contributed by atoms with E-state index in [1.807, 2.05) is 0 Å². The van der Waals surface area contributed by atoms with Crippen molar-refractivity contribution >= 4 is 56.7 Å². The summed E-state index contributed by atoms with van der Waals surface area (Å²) in [6.07, 6.45) is -2.54. The number of amides is 2. The molecule has 2 amide bonds. The smallest absolute Gasteiger partial charge is 0.365 e. The second kappa shape index (κ2) is 9.35. The molecule has 200 valence electrons. The molecule has 0 fully saturated rings. The standard InChI is InChI=1S/C25H23ClF3N5O2S2/c1-24(2,3)11-6-7-12-15(9-11)38-23(17(12)20(30)35)32-22(36)19-18(26)21-31-13(14-5-4-8-37-14)10-16(25(27,28)29)34(21)33-19/h4-5,8,10-11H,6-7,9H2,1-3H3,(H2,30,35)(H,32,36)/t11-/m1/s1. The number of fused-ring (bicyclic) bond motifs is 2. The molecule has 5 rings (SSSR count). The van der Waals surface area contributed by atoms with Gasteiger partial charge in [0, 0.05) is 4.88 Å². The van der Waals surface area contributed by atoms with Crippen LogP contribution in [0.25, 0.3) is 16.2 Å². The van der Waals surface area contributed by atoms with Crippen LogP contribution in [-0.4, -0.2) is 26.4 Å². The first-order valence-electron chi connectivity index (χ1n) is 11.7. The van der Waals surface area contributed by atoms with Crippen molar-refractivity contribution in [3.8, 4) is 10.6 Å². The number of nitrogens with two attached hydrogens (primary N) is 1. The molecule has 0 spiro atoms. The number of thiophene rings is 2. The van der Waals surface area contributed by atoms with Crippen molar-refractivity contribution in [1.29, 1.82) is 0 Å². The van der Waals surface area contributed by atoms with Crippen LogP contribution >= 0.6 is 34.3 Å². The van der Waals surface area contributed by atoms with Crippen molar-refractivity contribution in [2.75, 3.05) is 5.32 Å². The first kappa shape index (κ1) is 26.6. The van der Waals surface area contributed by atoms with Crippen LogP contribution in [0.3, 0.4) is 0 Å².